The van der Waals surface area contributed by atoms with Gasteiger partial charge in [0.15, 0.2) is 5.82 Å². The summed E-state index contributed by atoms with van der Waals surface area (Å²) in [6.07, 6.45) is 1.31. The van der Waals surface area contributed by atoms with Gasteiger partial charge in [0.05, 0.1) is 21.9 Å². The number of nitrogen functional groups attached to an aromatic ring is 1. The fourth-order valence-electron chi connectivity index (χ4n) is 1.89. The highest BCUT2D eigenvalue weighted by Crippen LogP contribution is 2.35. The molecule has 0 fully saturated rings. The molecule has 2 aromatic heterocycles. The van der Waals surface area contributed by atoms with Crippen molar-refractivity contribution in [2.24, 2.45) is 0 Å². The van der Waals surface area contributed by atoms with Crippen LogP contribution in [-0.2, 0) is 0 Å². The molecule has 0 radical (unpaired) electrons. The average Bonchev–Trinajstić information content (AvgIpc) is 2.66. The van der Waals surface area contributed by atoms with Gasteiger partial charge in [0.1, 0.15) is 5.52 Å². The molecule has 0 saturated carbocycles. The minimum Gasteiger partial charge on any atom is -0.367 e. The van der Waals surface area contributed by atoms with Crippen LogP contribution in [0.25, 0.3) is 16.8 Å². The van der Waals surface area contributed by atoms with E-state index < -0.39 is 5.82 Å². The van der Waals surface area contributed by atoms with E-state index in [0.29, 0.717) is 21.3 Å². The summed E-state index contributed by atoms with van der Waals surface area (Å²) in [7, 11) is 0. The Balaban J connectivity index is 2.40. The Hall–Kier alpha value is -1.85. The van der Waals surface area contributed by atoms with Crippen LogP contribution in [-0.4, -0.2) is 14.6 Å². The van der Waals surface area contributed by atoms with Crippen LogP contribution in [0.3, 0.4) is 0 Å². The summed E-state index contributed by atoms with van der Waals surface area (Å²) in [4.78, 5) is 3.76. The van der Waals surface area contributed by atoms with Crippen LogP contribution in [0.4, 0.5) is 10.3 Å². The van der Waals surface area contributed by atoms with Crippen LogP contribution in [0.15, 0.2) is 30.5 Å². The van der Waals surface area contributed by atoms with Gasteiger partial charge in [-0.25, -0.2) is 13.9 Å². The fourth-order valence-corrected chi connectivity index (χ4v) is 2.48. The van der Waals surface area contributed by atoms with E-state index in [1.165, 1.54) is 16.8 Å². The molecule has 19 heavy (non-hydrogen) atoms. The second-order valence-corrected chi connectivity index (χ2v) is 4.70. The van der Waals surface area contributed by atoms with Crippen LogP contribution in [0.1, 0.15) is 0 Å². The standard InChI is InChI=1S/C12H7Cl2FN4/c13-6-2-1-3-7(14)11(6)9-4-8(15)10-5-17-12(16)18-19(9)10/h1-5H,(H2,16,18). The molecule has 2 heterocycles. The van der Waals surface area contributed by atoms with Gasteiger partial charge in [-0.05, 0) is 12.1 Å². The predicted octanol–water partition coefficient (Wildman–Crippen LogP) is 3.42. The zero-order valence-corrected chi connectivity index (χ0v) is 11.0. The fraction of sp³-hybridized carbons (Fsp3) is 0. The third-order valence-corrected chi connectivity index (χ3v) is 3.33. The second-order valence-electron chi connectivity index (χ2n) is 3.89. The van der Waals surface area contributed by atoms with E-state index in [0.717, 1.165) is 0 Å². The number of rotatable bonds is 1. The van der Waals surface area contributed by atoms with Crippen LogP contribution in [0, 0.1) is 5.82 Å². The van der Waals surface area contributed by atoms with Crippen LogP contribution in [0.5, 0.6) is 0 Å². The smallest absolute Gasteiger partial charge is 0.238 e. The summed E-state index contributed by atoms with van der Waals surface area (Å²) in [6.45, 7) is 0. The lowest BCUT2D eigenvalue weighted by molar-refractivity contribution is 0.638. The highest BCUT2D eigenvalue weighted by atomic mass is 35.5. The molecule has 7 heteroatoms. The van der Waals surface area contributed by atoms with E-state index in [-0.39, 0.29) is 11.5 Å². The maximum atomic E-state index is 13.9. The Bertz CT molecular complexity index is 764. The molecular formula is C12H7Cl2FN4. The Kier molecular flexibility index (Phi) is 2.80. The van der Waals surface area contributed by atoms with Gasteiger partial charge in [-0.2, -0.15) is 0 Å². The summed E-state index contributed by atoms with van der Waals surface area (Å²) in [5.41, 5.74) is 6.66. The quantitative estimate of drug-likeness (QED) is 0.748. The van der Waals surface area contributed by atoms with Gasteiger partial charge < -0.3 is 5.73 Å². The largest absolute Gasteiger partial charge is 0.367 e. The minimum atomic E-state index is -0.467. The molecule has 3 rings (SSSR count). The highest BCUT2D eigenvalue weighted by molar-refractivity contribution is 6.39. The van der Waals surface area contributed by atoms with Crippen molar-refractivity contribution >= 4 is 34.7 Å². The van der Waals surface area contributed by atoms with Gasteiger partial charge in [-0.3, -0.25) is 0 Å². The molecule has 0 aliphatic heterocycles. The minimum absolute atomic E-state index is 0.0347. The van der Waals surface area contributed by atoms with Gasteiger partial charge in [0.25, 0.3) is 0 Å². The summed E-state index contributed by atoms with van der Waals surface area (Å²) in [5.74, 6) is -0.432. The summed E-state index contributed by atoms with van der Waals surface area (Å²) in [5, 5.41) is 4.79. The van der Waals surface area contributed by atoms with E-state index >= 15 is 0 Å². The number of aromatic nitrogens is 3. The topological polar surface area (TPSA) is 56.2 Å². The van der Waals surface area contributed by atoms with E-state index in [4.69, 9.17) is 28.9 Å². The van der Waals surface area contributed by atoms with E-state index in [1.807, 2.05) is 0 Å². The van der Waals surface area contributed by atoms with E-state index in [2.05, 4.69) is 10.1 Å². The molecular weight excluding hydrogens is 290 g/mol. The van der Waals surface area contributed by atoms with Gasteiger partial charge >= 0.3 is 0 Å². The zero-order chi connectivity index (χ0) is 13.6. The zero-order valence-electron chi connectivity index (χ0n) is 9.44. The number of nitrogens with two attached hydrogens (primary N) is 1. The monoisotopic (exact) mass is 296 g/mol. The first-order valence-electron chi connectivity index (χ1n) is 5.32. The van der Waals surface area contributed by atoms with Crippen molar-refractivity contribution in [3.63, 3.8) is 0 Å². The second kappa shape index (κ2) is 4.36. The molecule has 0 spiro atoms. The molecule has 3 aromatic rings. The number of anilines is 1. The number of hydrogen-bond donors (Lipinski definition) is 1. The molecule has 0 aliphatic rings. The molecule has 4 nitrogen and oxygen atoms in total. The van der Waals surface area contributed by atoms with Crippen LogP contribution >= 0.6 is 23.2 Å². The summed E-state index contributed by atoms with van der Waals surface area (Å²) in [6, 6.07) is 6.36. The number of benzene rings is 1. The summed E-state index contributed by atoms with van der Waals surface area (Å²) < 4.78 is 15.2. The lowest BCUT2D eigenvalue weighted by Crippen LogP contribution is -2.02. The Morgan fingerprint density at radius 1 is 1.21 bits per heavy atom. The average molecular weight is 297 g/mol. The molecule has 0 amide bonds. The van der Waals surface area contributed by atoms with Gasteiger partial charge in [0, 0.05) is 11.6 Å². The number of hydrogen-bond acceptors (Lipinski definition) is 3. The van der Waals surface area contributed by atoms with Crippen molar-refractivity contribution in [3.05, 3.63) is 46.3 Å². The number of nitrogens with zero attached hydrogens (tertiary/aromatic N) is 3. The van der Waals surface area contributed by atoms with Crippen LogP contribution in [0.2, 0.25) is 10.0 Å². The van der Waals surface area contributed by atoms with E-state index in [9.17, 15) is 4.39 Å². The molecule has 1 aromatic carbocycles. The van der Waals surface area contributed by atoms with Crippen molar-refractivity contribution < 1.29 is 4.39 Å². The Labute approximate surface area is 117 Å². The first-order valence-corrected chi connectivity index (χ1v) is 6.07. The molecule has 0 saturated heterocycles. The van der Waals surface area contributed by atoms with Crippen molar-refractivity contribution in [1.29, 1.82) is 0 Å². The summed E-state index contributed by atoms with van der Waals surface area (Å²) >= 11 is 12.2. The molecule has 2 N–H and O–H groups in total. The maximum Gasteiger partial charge on any atom is 0.238 e. The highest BCUT2D eigenvalue weighted by Gasteiger charge is 2.17. The lowest BCUT2D eigenvalue weighted by atomic mass is 10.1. The number of fused-ring (bicyclic) bond motifs is 1. The third kappa shape index (κ3) is 1.91. The van der Waals surface area contributed by atoms with Gasteiger partial charge in [-0.1, -0.05) is 29.3 Å². The molecule has 0 unspecified atom stereocenters. The van der Waals surface area contributed by atoms with Crippen molar-refractivity contribution in [2.75, 3.05) is 5.73 Å². The first kappa shape index (κ1) is 12.2. The Morgan fingerprint density at radius 3 is 2.58 bits per heavy atom. The Morgan fingerprint density at radius 2 is 1.89 bits per heavy atom. The third-order valence-electron chi connectivity index (χ3n) is 2.70. The van der Waals surface area contributed by atoms with Crippen LogP contribution < -0.4 is 5.73 Å². The predicted molar refractivity (Wildman–Crippen MR) is 72.8 cm³/mol. The molecule has 96 valence electrons. The van der Waals surface area contributed by atoms with Crippen molar-refractivity contribution in [2.45, 2.75) is 0 Å². The molecule has 0 atom stereocenters. The SMILES string of the molecule is Nc1ncc2c(F)cc(-c3c(Cl)cccc3Cl)n2n1. The van der Waals surface area contributed by atoms with Gasteiger partial charge in [-0.15, -0.1) is 5.10 Å². The molecule has 0 bridgehead atoms. The molecule has 0 aliphatic carbocycles. The normalized spacial score (nSPS) is 11.1. The first-order chi connectivity index (χ1) is 9.08. The number of halogens is 3. The van der Waals surface area contributed by atoms with Crippen molar-refractivity contribution in [1.82, 2.24) is 14.6 Å². The lowest BCUT2D eigenvalue weighted by Gasteiger charge is -2.06. The van der Waals surface area contributed by atoms with E-state index in [1.54, 1.807) is 18.2 Å². The van der Waals surface area contributed by atoms with Gasteiger partial charge in [0.2, 0.25) is 5.95 Å². The maximum absolute atomic E-state index is 13.9. The van der Waals surface area contributed by atoms with Crippen molar-refractivity contribution in [3.8, 4) is 11.3 Å².